The molecule has 0 aromatic carbocycles. The van der Waals surface area contributed by atoms with Crippen LogP contribution in [-0.4, -0.2) is 63.0 Å². The Bertz CT molecular complexity index is 842. The highest BCUT2D eigenvalue weighted by Crippen LogP contribution is 2.32. The quantitative estimate of drug-likeness (QED) is 0.767. The first-order chi connectivity index (χ1) is 11.5. The molecule has 1 saturated carbocycles. The number of rotatable bonds is 5. The van der Waals surface area contributed by atoms with Gasteiger partial charge < -0.3 is 4.90 Å². The van der Waals surface area contributed by atoms with Crippen LogP contribution in [0.5, 0.6) is 0 Å². The average Bonchev–Trinajstić information content (AvgIpc) is 2.92. The molecular formula is C14H17N5O3S2. The predicted molar refractivity (Wildman–Crippen MR) is 88.1 cm³/mol. The molecule has 1 amide bonds. The van der Waals surface area contributed by atoms with Gasteiger partial charge in [-0.25, -0.2) is 8.42 Å². The number of tetrazole rings is 1. The van der Waals surface area contributed by atoms with Gasteiger partial charge in [-0.05, 0) is 35.9 Å². The Morgan fingerprint density at radius 2 is 2.17 bits per heavy atom. The summed E-state index contributed by atoms with van der Waals surface area (Å²) >= 11 is 1.51. The average molecular weight is 367 g/mol. The molecule has 0 N–H and O–H groups in total. The maximum atomic E-state index is 12.7. The van der Waals surface area contributed by atoms with Crippen molar-refractivity contribution < 1.29 is 13.2 Å². The van der Waals surface area contributed by atoms with Crippen LogP contribution in [0.3, 0.4) is 0 Å². The van der Waals surface area contributed by atoms with Gasteiger partial charge >= 0.3 is 0 Å². The van der Waals surface area contributed by atoms with Crippen molar-refractivity contribution >= 4 is 27.1 Å². The molecule has 1 aliphatic carbocycles. The molecule has 2 aromatic rings. The minimum Gasteiger partial charge on any atom is -0.334 e. The van der Waals surface area contributed by atoms with Crippen LogP contribution >= 0.6 is 11.3 Å². The lowest BCUT2D eigenvalue weighted by Crippen LogP contribution is -2.44. The van der Waals surface area contributed by atoms with Crippen LogP contribution in [-0.2, 0) is 21.2 Å². The second-order valence-corrected chi connectivity index (χ2v) is 9.39. The van der Waals surface area contributed by atoms with Crippen molar-refractivity contribution in [1.82, 2.24) is 25.1 Å². The molecule has 24 heavy (non-hydrogen) atoms. The second kappa shape index (κ2) is 5.92. The van der Waals surface area contributed by atoms with Crippen molar-refractivity contribution in [3.8, 4) is 10.7 Å². The molecule has 0 unspecified atom stereocenters. The van der Waals surface area contributed by atoms with Gasteiger partial charge in [0.15, 0.2) is 9.84 Å². The van der Waals surface area contributed by atoms with Crippen molar-refractivity contribution in [3.05, 3.63) is 17.5 Å². The molecule has 1 saturated heterocycles. The van der Waals surface area contributed by atoms with Crippen molar-refractivity contribution in [2.24, 2.45) is 0 Å². The van der Waals surface area contributed by atoms with Crippen molar-refractivity contribution in [2.75, 3.05) is 11.5 Å². The van der Waals surface area contributed by atoms with Gasteiger partial charge in [0.25, 0.3) is 0 Å². The third-order valence-corrected chi connectivity index (χ3v) is 6.92. The first-order valence-corrected chi connectivity index (χ1v) is 10.6. The van der Waals surface area contributed by atoms with Gasteiger partial charge in [0.05, 0.1) is 16.4 Å². The van der Waals surface area contributed by atoms with Crippen molar-refractivity contribution in [3.63, 3.8) is 0 Å². The summed E-state index contributed by atoms with van der Waals surface area (Å²) in [6, 6.07) is 3.75. The minimum atomic E-state index is -3.02. The molecular weight excluding hydrogens is 350 g/mol. The fraction of sp³-hybridized carbons (Fsp3) is 0.571. The number of sulfone groups is 1. The summed E-state index contributed by atoms with van der Waals surface area (Å²) in [6.45, 7) is -0.00851. The minimum absolute atomic E-state index is 0.00851. The Hall–Kier alpha value is -1.81. The van der Waals surface area contributed by atoms with E-state index in [1.807, 2.05) is 17.5 Å². The number of carbonyl (C=O) groups excluding carboxylic acids is 1. The molecule has 0 spiro atoms. The van der Waals surface area contributed by atoms with E-state index in [0.29, 0.717) is 12.2 Å². The summed E-state index contributed by atoms with van der Waals surface area (Å²) in [4.78, 5) is 16.6. The van der Waals surface area contributed by atoms with Crippen LogP contribution < -0.4 is 0 Å². The molecule has 4 rings (SSSR count). The van der Waals surface area contributed by atoms with Crippen molar-refractivity contribution in [2.45, 2.75) is 37.9 Å². The number of amides is 1. The Labute approximate surface area is 143 Å². The summed E-state index contributed by atoms with van der Waals surface area (Å²) in [5.74, 6) is 0.604. The first kappa shape index (κ1) is 15.7. The van der Waals surface area contributed by atoms with Crippen LogP contribution in [0.25, 0.3) is 10.7 Å². The lowest BCUT2D eigenvalue weighted by molar-refractivity contribution is -0.134. The van der Waals surface area contributed by atoms with Gasteiger partial charge in [0.2, 0.25) is 11.7 Å². The Morgan fingerprint density at radius 3 is 2.79 bits per heavy atom. The van der Waals surface area contributed by atoms with E-state index in [0.717, 1.165) is 17.7 Å². The van der Waals surface area contributed by atoms with Gasteiger partial charge in [-0.3, -0.25) is 4.79 Å². The SMILES string of the molecule is O=C(Cn1nnc(-c2cccs2)n1)N(C1CC1)[C@H]1CCS(=O)(=O)C1. The number of hydrogen-bond donors (Lipinski definition) is 0. The highest BCUT2D eigenvalue weighted by molar-refractivity contribution is 7.91. The summed E-state index contributed by atoms with van der Waals surface area (Å²) < 4.78 is 23.5. The Morgan fingerprint density at radius 1 is 1.33 bits per heavy atom. The van der Waals surface area contributed by atoms with Gasteiger partial charge in [-0.15, -0.1) is 21.5 Å². The lowest BCUT2D eigenvalue weighted by atomic mass is 10.2. The van der Waals surface area contributed by atoms with E-state index in [1.165, 1.54) is 16.1 Å². The van der Waals surface area contributed by atoms with Gasteiger partial charge in [0, 0.05) is 12.1 Å². The van der Waals surface area contributed by atoms with E-state index >= 15 is 0 Å². The predicted octanol–water partition coefficient (Wildman–Crippen LogP) is 0.580. The van der Waals surface area contributed by atoms with E-state index in [-0.39, 0.29) is 36.0 Å². The Kier molecular flexibility index (Phi) is 3.87. The normalized spacial score (nSPS) is 22.6. The third kappa shape index (κ3) is 3.20. The number of carbonyl (C=O) groups is 1. The fourth-order valence-corrected chi connectivity index (χ4v) is 5.43. The summed E-state index contributed by atoms with van der Waals surface area (Å²) in [7, 11) is -3.02. The van der Waals surface area contributed by atoms with E-state index < -0.39 is 9.84 Å². The maximum absolute atomic E-state index is 12.7. The number of nitrogens with zero attached hydrogens (tertiary/aromatic N) is 5. The maximum Gasteiger partial charge on any atom is 0.246 e. The topological polar surface area (TPSA) is 98.1 Å². The molecule has 2 fully saturated rings. The third-order valence-electron chi connectivity index (χ3n) is 4.30. The zero-order valence-corrected chi connectivity index (χ0v) is 14.5. The molecule has 128 valence electrons. The first-order valence-electron chi connectivity index (χ1n) is 7.85. The van der Waals surface area contributed by atoms with Crippen LogP contribution in [0.4, 0.5) is 0 Å². The summed E-state index contributed by atoms with van der Waals surface area (Å²) in [6.07, 6.45) is 2.40. The molecule has 1 atom stereocenters. The zero-order chi connectivity index (χ0) is 16.7. The summed E-state index contributed by atoms with van der Waals surface area (Å²) in [5, 5.41) is 14.1. The van der Waals surface area contributed by atoms with E-state index in [1.54, 1.807) is 4.90 Å². The van der Waals surface area contributed by atoms with Crippen molar-refractivity contribution in [1.29, 1.82) is 0 Å². The number of aromatic nitrogens is 4. The van der Waals surface area contributed by atoms with Crippen LogP contribution in [0.2, 0.25) is 0 Å². The van der Waals surface area contributed by atoms with E-state index in [2.05, 4.69) is 15.4 Å². The Balaban J connectivity index is 1.48. The smallest absolute Gasteiger partial charge is 0.246 e. The standard InChI is InChI=1S/C14H17N5O3S2/c20-13(8-18-16-14(15-17-18)12-2-1-6-23-12)19(10-3-4-10)11-5-7-24(21,22)9-11/h1-2,6,10-11H,3-5,7-9H2/t11-/m0/s1. The lowest BCUT2D eigenvalue weighted by Gasteiger charge is -2.28. The fourth-order valence-electron chi connectivity index (χ4n) is 3.07. The molecule has 2 aromatic heterocycles. The molecule has 8 nitrogen and oxygen atoms in total. The zero-order valence-electron chi connectivity index (χ0n) is 12.9. The number of thiophene rings is 1. The molecule has 2 aliphatic rings. The largest absolute Gasteiger partial charge is 0.334 e. The molecule has 1 aliphatic heterocycles. The monoisotopic (exact) mass is 367 g/mol. The van der Waals surface area contributed by atoms with Gasteiger partial charge in [-0.2, -0.15) is 4.80 Å². The van der Waals surface area contributed by atoms with E-state index in [4.69, 9.17) is 0 Å². The second-order valence-electron chi connectivity index (χ2n) is 6.21. The summed E-state index contributed by atoms with van der Waals surface area (Å²) in [5.41, 5.74) is 0. The molecule has 10 heteroatoms. The molecule has 0 bridgehead atoms. The van der Waals surface area contributed by atoms with Gasteiger partial charge in [0.1, 0.15) is 6.54 Å². The number of hydrogen-bond acceptors (Lipinski definition) is 7. The molecule has 3 heterocycles. The highest BCUT2D eigenvalue weighted by Gasteiger charge is 2.42. The van der Waals surface area contributed by atoms with Crippen LogP contribution in [0.1, 0.15) is 19.3 Å². The van der Waals surface area contributed by atoms with Crippen LogP contribution in [0.15, 0.2) is 17.5 Å². The molecule has 0 radical (unpaired) electrons. The van der Waals surface area contributed by atoms with Gasteiger partial charge in [-0.1, -0.05) is 6.07 Å². The van der Waals surface area contributed by atoms with E-state index in [9.17, 15) is 13.2 Å². The highest BCUT2D eigenvalue weighted by atomic mass is 32.2. The van der Waals surface area contributed by atoms with Crippen LogP contribution in [0, 0.1) is 0 Å².